The molecule has 0 unspecified atom stereocenters. The van der Waals surface area contributed by atoms with E-state index in [1.807, 2.05) is 19.0 Å². The molecule has 0 atom stereocenters. The average molecular weight is 574 g/mol. The van der Waals surface area contributed by atoms with Crippen molar-refractivity contribution < 1.29 is 26.7 Å². The summed E-state index contributed by atoms with van der Waals surface area (Å²) in [5.41, 5.74) is 0.680. The number of amides is 1. The average Bonchev–Trinajstić information content (AvgIpc) is 3.22. The molecule has 0 aliphatic heterocycles. The van der Waals surface area contributed by atoms with Crippen LogP contribution < -0.4 is 20.3 Å². The Morgan fingerprint density at radius 3 is 2.48 bits per heavy atom. The number of aromatic amines is 1. The number of carbonyl (C=O) groups is 1. The number of nitrogens with one attached hydrogen (secondary N) is 3. The highest BCUT2D eigenvalue weighted by Crippen LogP contribution is 2.40. The molecule has 1 amide bonds. The molecular weight excluding hydrogens is 544 g/mol. The molecule has 0 aliphatic rings. The summed E-state index contributed by atoms with van der Waals surface area (Å²) < 4.78 is 62.3. The Hall–Kier alpha value is -4.23. The van der Waals surface area contributed by atoms with Crippen LogP contribution in [0.2, 0.25) is 0 Å². The standard InChI is InChI=1S/C27H29F2N5O5S/c1-5-40(37,38)32-17-7-9-23(39-24-8-6-16(28)12-21(24)29)18(13-17)20-15-34(4)25-19(20)14-22(31-27(25)36)26(35)30-10-11-33(2)3/h6-9,12-15,32H,5,10-11H2,1-4H3,(H,30,35)(H,31,36). The van der Waals surface area contributed by atoms with Crippen LogP contribution in [0.1, 0.15) is 17.4 Å². The summed E-state index contributed by atoms with van der Waals surface area (Å²) >= 11 is 0. The number of hydrogen-bond donors (Lipinski definition) is 3. The zero-order valence-electron chi connectivity index (χ0n) is 22.3. The first-order valence-corrected chi connectivity index (χ1v) is 14.0. The molecule has 3 N–H and O–H groups in total. The lowest BCUT2D eigenvalue weighted by Crippen LogP contribution is -2.32. The molecule has 0 bridgehead atoms. The molecular formula is C27H29F2N5O5S. The third-order valence-electron chi connectivity index (χ3n) is 6.10. The van der Waals surface area contributed by atoms with Crippen molar-refractivity contribution in [1.29, 1.82) is 0 Å². The van der Waals surface area contributed by atoms with Crippen LogP contribution in [0, 0.1) is 11.6 Å². The predicted octanol–water partition coefficient (Wildman–Crippen LogP) is 3.66. The minimum absolute atomic E-state index is 0.0265. The lowest BCUT2D eigenvalue weighted by molar-refractivity contribution is 0.0946. The van der Waals surface area contributed by atoms with Crippen molar-refractivity contribution in [3.63, 3.8) is 0 Å². The van der Waals surface area contributed by atoms with Gasteiger partial charge in [-0.3, -0.25) is 14.3 Å². The Morgan fingerprint density at radius 1 is 1.07 bits per heavy atom. The highest BCUT2D eigenvalue weighted by atomic mass is 32.2. The number of benzene rings is 2. The molecule has 40 heavy (non-hydrogen) atoms. The number of ether oxygens (including phenoxy) is 1. The highest BCUT2D eigenvalue weighted by molar-refractivity contribution is 7.92. The Bertz CT molecular complexity index is 1750. The van der Waals surface area contributed by atoms with Crippen LogP contribution >= 0.6 is 0 Å². The van der Waals surface area contributed by atoms with Crippen LogP contribution in [-0.2, 0) is 17.1 Å². The molecule has 2 heterocycles. The molecule has 0 saturated heterocycles. The summed E-state index contributed by atoms with van der Waals surface area (Å²) in [6, 6.07) is 8.73. The minimum atomic E-state index is -3.64. The van der Waals surface area contributed by atoms with Crippen molar-refractivity contribution in [3.05, 3.63) is 76.3 Å². The molecule has 0 radical (unpaired) electrons. The molecule has 0 aliphatic carbocycles. The SMILES string of the molecule is CCS(=O)(=O)Nc1ccc(Oc2ccc(F)cc2F)c(-c2cn(C)c3c(=O)[nH]c(C(=O)NCCN(C)C)cc23)c1. The van der Waals surface area contributed by atoms with Gasteiger partial charge in [-0.15, -0.1) is 0 Å². The van der Waals surface area contributed by atoms with E-state index in [2.05, 4.69) is 15.0 Å². The number of carbonyl (C=O) groups excluding carboxylic acids is 1. The number of halogens is 2. The van der Waals surface area contributed by atoms with E-state index in [9.17, 15) is 26.8 Å². The maximum absolute atomic E-state index is 14.5. The van der Waals surface area contributed by atoms with Gasteiger partial charge in [-0.05, 0) is 57.4 Å². The monoisotopic (exact) mass is 573 g/mol. The molecule has 4 aromatic rings. The summed E-state index contributed by atoms with van der Waals surface area (Å²) in [6.07, 6.45) is 1.62. The number of nitrogens with zero attached hydrogens (tertiary/aromatic N) is 2. The number of aromatic nitrogens is 2. The third kappa shape index (κ3) is 6.32. The lowest BCUT2D eigenvalue weighted by atomic mass is 10.0. The van der Waals surface area contributed by atoms with Crippen molar-refractivity contribution in [2.45, 2.75) is 6.92 Å². The van der Waals surface area contributed by atoms with E-state index in [-0.39, 0.29) is 34.1 Å². The van der Waals surface area contributed by atoms with Gasteiger partial charge in [0.25, 0.3) is 11.5 Å². The van der Waals surface area contributed by atoms with Gasteiger partial charge in [0.05, 0.1) is 5.75 Å². The number of sulfonamides is 1. The molecule has 2 aromatic carbocycles. The number of hydrogen-bond acceptors (Lipinski definition) is 6. The van der Waals surface area contributed by atoms with Crippen LogP contribution in [0.4, 0.5) is 14.5 Å². The molecule has 2 aromatic heterocycles. The van der Waals surface area contributed by atoms with Gasteiger partial charge in [-0.25, -0.2) is 17.2 Å². The van der Waals surface area contributed by atoms with Crippen LogP contribution in [0.15, 0.2) is 53.5 Å². The largest absolute Gasteiger partial charge is 0.454 e. The normalized spacial score (nSPS) is 11.7. The van der Waals surface area contributed by atoms with Gasteiger partial charge in [-0.1, -0.05) is 0 Å². The second-order valence-electron chi connectivity index (χ2n) is 9.38. The zero-order valence-corrected chi connectivity index (χ0v) is 23.2. The Balaban J connectivity index is 1.87. The van der Waals surface area contributed by atoms with E-state index in [1.165, 1.54) is 31.2 Å². The zero-order chi connectivity index (χ0) is 29.2. The van der Waals surface area contributed by atoms with Crippen LogP contribution in [0.5, 0.6) is 11.5 Å². The summed E-state index contributed by atoms with van der Waals surface area (Å²) in [4.78, 5) is 30.3. The smallest absolute Gasteiger partial charge is 0.273 e. The van der Waals surface area contributed by atoms with Crippen molar-refractivity contribution >= 4 is 32.5 Å². The molecule has 4 rings (SSSR count). The lowest BCUT2D eigenvalue weighted by Gasteiger charge is -2.14. The number of likely N-dealkylation sites (N-methyl/N-ethyl adjacent to an activating group) is 1. The number of anilines is 1. The van der Waals surface area contributed by atoms with Crippen molar-refractivity contribution in [2.75, 3.05) is 37.7 Å². The topological polar surface area (TPSA) is 126 Å². The maximum Gasteiger partial charge on any atom is 0.273 e. The van der Waals surface area contributed by atoms with E-state index in [1.54, 1.807) is 17.8 Å². The van der Waals surface area contributed by atoms with Crippen LogP contribution in [0.3, 0.4) is 0 Å². The Morgan fingerprint density at radius 2 is 1.80 bits per heavy atom. The molecule has 0 saturated carbocycles. The maximum atomic E-state index is 14.5. The number of aryl methyl sites for hydroxylation is 1. The number of fused-ring (bicyclic) bond motifs is 1. The molecule has 0 fully saturated rings. The number of rotatable bonds is 10. The van der Waals surface area contributed by atoms with E-state index >= 15 is 0 Å². The highest BCUT2D eigenvalue weighted by Gasteiger charge is 2.21. The molecule has 13 heteroatoms. The second kappa shape index (κ2) is 11.5. The van der Waals surface area contributed by atoms with Gasteiger partial charge in [0.2, 0.25) is 10.0 Å². The van der Waals surface area contributed by atoms with Gasteiger partial charge >= 0.3 is 0 Å². The van der Waals surface area contributed by atoms with E-state index in [4.69, 9.17) is 4.74 Å². The number of H-pyrrole nitrogens is 1. The first-order chi connectivity index (χ1) is 18.9. The molecule has 0 spiro atoms. The van der Waals surface area contributed by atoms with Gasteiger partial charge < -0.3 is 24.5 Å². The fraction of sp³-hybridized carbons (Fsp3) is 0.259. The van der Waals surface area contributed by atoms with E-state index < -0.39 is 33.1 Å². The quantitative estimate of drug-likeness (QED) is 0.266. The molecule has 10 nitrogen and oxygen atoms in total. The fourth-order valence-corrected chi connectivity index (χ4v) is 4.71. The Kier molecular flexibility index (Phi) is 8.26. The first kappa shape index (κ1) is 28.8. The summed E-state index contributed by atoms with van der Waals surface area (Å²) in [7, 11) is 1.73. The summed E-state index contributed by atoms with van der Waals surface area (Å²) in [5.74, 6) is -2.52. The summed E-state index contributed by atoms with van der Waals surface area (Å²) in [6.45, 7) is 2.43. The van der Waals surface area contributed by atoms with Gasteiger partial charge in [0.1, 0.15) is 22.8 Å². The summed E-state index contributed by atoms with van der Waals surface area (Å²) in [5, 5.41) is 3.13. The van der Waals surface area contributed by atoms with E-state index in [0.29, 0.717) is 35.7 Å². The van der Waals surface area contributed by atoms with E-state index in [0.717, 1.165) is 12.1 Å². The van der Waals surface area contributed by atoms with Crippen molar-refractivity contribution in [2.24, 2.45) is 7.05 Å². The van der Waals surface area contributed by atoms with Gasteiger partial charge in [-0.2, -0.15) is 0 Å². The number of pyridine rings is 1. The fourth-order valence-electron chi connectivity index (χ4n) is 4.08. The first-order valence-electron chi connectivity index (χ1n) is 12.3. The minimum Gasteiger partial charge on any atom is -0.454 e. The predicted molar refractivity (Wildman–Crippen MR) is 149 cm³/mol. The van der Waals surface area contributed by atoms with Gasteiger partial charge in [0.15, 0.2) is 11.6 Å². The van der Waals surface area contributed by atoms with Crippen molar-refractivity contribution in [1.82, 2.24) is 19.8 Å². The van der Waals surface area contributed by atoms with Crippen LogP contribution in [0.25, 0.3) is 22.0 Å². The van der Waals surface area contributed by atoms with Crippen LogP contribution in [-0.4, -0.2) is 61.7 Å². The second-order valence-corrected chi connectivity index (χ2v) is 11.4. The van der Waals surface area contributed by atoms with Gasteiger partial charge in [0, 0.05) is 54.6 Å². The van der Waals surface area contributed by atoms with Crippen molar-refractivity contribution in [3.8, 4) is 22.6 Å². The third-order valence-corrected chi connectivity index (χ3v) is 7.41. The molecule has 212 valence electrons. The Labute approximate surface area is 229 Å².